The molecule has 0 unspecified atom stereocenters. The fourth-order valence-electron chi connectivity index (χ4n) is 3.21. The fraction of sp³-hybridized carbons (Fsp3) is 0.320. The van der Waals surface area contributed by atoms with Crippen molar-refractivity contribution in [2.24, 2.45) is 0 Å². The van der Waals surface area contributed by atoms with Crippen molar-refractivity contribution < 1.29 is 28.6 Å². The molecule has 0 aliphatic carbocycles. The highest BCUT2D eigenvalue weighted by Gasteiger charge is 2.36. The summed E-state index contributed by atoms with van der Waals surface area (Å²) in [6, 6.07) is 10.8. The molecule has 8 heteroatoms. The molecular weight excluding hydrogens is 424 g/mol. The Hall–Kier alpha value is -3.81. The minimum atomic E-state index is -0.805. The number of carbonyl (C=O) groups is 3. The van der Waals surface area contributed by atoms with Crippen LogP contribution in [0.3, 0.4) is 0 Å². The maximum absolute atomic E-state index is 13.1. The number of methoxy groups -OCH3 is 1. The van der Waals surface area contributed by atoms with Gasteiger partial charge in [0.2, 0.25) is 0 Å². The molecule has 2 aromatic carbocycles. The van der Waals surface area contributed by atoms with Crippen LogP contribution in [0.5, 0.6) is 17.2 Å². The summed E-state index contributed by atoms with van der Waals surface area (Å²) in [5.41, 5.74) is 0.713. The highest BCUT2D eigenvalue weighted by atomic mass is 16.5. The molecule has 0 spiro atoms. The van der Waals surface area contributed by atoms with E-state index in [1.807, 2.05) is 13.8 Å². The van der Waals surface area contributed by atoms with E-state index in [9.17, 15) is 14.4 Å². The lowest BCUT2D eigenvalue weighted by Crippen LogP contribution is -2.54. The zero-order valence-electron chi connectivity index (χ0n) is 19.2. The van der Waals surface area contributed by atoms with Crippen molar-refractivity contribution >= 4 is 29.6 Å². The molecule has 4 amide bonds. The number of urea groups is 1. The Morgan fingerprint density at radius 2 is 1.76 bits per heavy atom. The molecule has 1 fully saturated rings. The number of carbonyl (C=O) groups excluding carboxylic acids is 3. The zero-order valence-corrected chi connectivity index (χ0v) is 19.2. The van der Waals surface area contributed by atoms with Gasteiger partial charge in [0.25, 0.3) is 11.8 Å². The normalized spacial score (nSPS) is 15.1. The highest BCUT2D eigenvalue weighted by Crippen LogP contribution is 2.31. The molecule has 0 radical (unpaired) electrons. The standard InChI is InChI=1S/C25H28N2O6/c1-5-6-13-32-19-10-8-18(9-11-19)27-24(29)20(23(28)26-25(27)30)14-17-7-12-21(33-16(2)3)22(15-17)31-4/h7-12,14-16H,5-6,13H2,1-4H3,(H,26,28,30)/b20-14-. The van der Waals surface area contributed by atoms with E-state index < -0.39 is 17.8 Å². The number of benzene rings is 2. The third-order valence-electron chi connectivity index (χ3n) is 4.82. The van der Waals surface area contributed by atoms with Gasteiger partial charge in [-0.1, -0.05) is 19.4 Å². The first kappa shape index (κ1) is 23.8. The quantitative estimate of drug-likeness (QED) is 0.346. The van der Waals surface area contributed by atoms with Crippen LogP contribution in [-0.4, -0.2) is 37.7 Å². The molecule has 1 heterocycles. The van der Waals surface area contributed by atoms with E-state index in [0.717, 1.165) is 17.7 Å². The van der Waals surface area contributed by atoms with Crippen LogP contribution in [0.4, 0.5) is 10.5 Å². The molecule has 1 N–H and O–H groups in total. The van der Waals surface area contributed by atoms with Gasteiger partial charge in [-0.2, -0.15) is 0 Å². The predicted molar refractivity (Wildman–Crippen MR) is 125 cm³/mol. The number of nitrogens with one attached hydrogen (secondary N) is 1. The van der Waals surface area contributed by atoms with Crippen LogP contribution in [0, 0.1) is 0 Å². The number of anilines is 1. The predicted octanol–water partition coefficient (Wildman–Crippen LogP) is 4.33. The van der Waals surface area contributed by atoms with Crippen LogP contribution in [-0.2, 0) is 9.59 Å². The molecule has 0 atom stereocenters. The van der Waals surface area contributed by atoms with E-state index in [0.29, 0.717) is 35.1 Å². The molecule has 1 saturated heterocycles. The van der Waals surface area contributed by atoms with Crippen molar-refractivity contribution in [1.82, 2.24) is 5.32 Å². The number of amides is 4. The lowest BCUT2D eigenvalue weighted by atomic mass is 10.1. The average molecular weight is 453 g/mol. The van der Waals surface area contributed by atoms with Gasteiger partial charge in [0.1, 0.15) is 11.3 Å². The Balaban J connectivity index is 1.86. The van der Waals surface area contributed by atoms with E-state index in [-0.39, 0.29) is 11.7 Å². The molecular formula is C25H28N2O6. The number of nitrogens with zero attached hydrogens (tertiary/aromatic N) is 1. The number of imide groups is 2. The second-order valence-electron chi connectivity index (χ2n) is 7.73. The number of unbranched alkanes of at least 4 members (excludes halogenated alkanes) is 1. The van der Waals surface area contributed by atoms with Crippen molar-refractivity contribution in [2.45, 2.75) is 39.7 Å². The highest BCUT2D eigenvalue weighted by molar-refractivity contribution is 6.39. The summed E-state index contributed by atoms with van der Waals surface area (Å²) in [6.45, 7) is 6.46. The van der Waals surface area contributed by atoms with Gasteiger partial charge in [0, 0.05) is 0 Å². The Morgan fingerprint density at radius 1 is 1.03 bits per heavy atom. The van der Waals surface area contributed by atoms with Gasteiger partial charge in [-0.25, -0.2) is 9.69 Å². The number of barbiturate groups is 1. The number of hydrogen-bond acceptors (Lipinski definition) is 6. The topological polar surface area (TPSA) is 94.2 Å². The van der Waals surface area contributed by atoms with Gasteiger partial charge in [0.05, 0.1) is 25.5 Å². The van der Waals surface area contributed by atoms with Gasteiger partial charge < -0.3 is 14.2 Å². The summed E-state index contributed by atoms with van der Waals surface area (Å²) >= 11 is 0. The summed E-state index contributed by atoms with van der Waals surface area (Å²) in [7, 11) is 1.51. The molecule has 2 aromatic rings. The summed E-state index contributed by atoms with van der Waals surface area (Å²) in [5.74, 6) is 0.173. The van der Waals surface area contributed by atoms with Crippen LogP contribution < -0.4 is 24.4 Å². The first-order valence-electron chi connectivity index (χ1n) is 10.8. The third-order valence-corrected chi connectivity index (χ3v) is 4.82. The monoisotopic (exact) mass is 452 g/mol. The Labute approximate surface area is 193 Å². The molecule has 0 bridgehead atoms. The van der Waals surface area contributed by atoms with E-state index in [1.165, 1.54) is 13.2 Å². The Kier molecular flexibility index (Phi) is 7.71. The fourth-order valence-corrected chi connectivity index (χ4v) is 3.21. The molecule has 174 valence electrons. The minimum absolute atomic E-state index is 0.0446. The maximum atomic E-state index is 13.1. The summed E-state index contributed by atoms with van der Waals surface area (Å²) in [6.07, 6.45) is 3.32. The van der Waals surface area contributed by atoms with E-state index in [1.54, 1.807) is 42.5 Å². The number of rotatable bonds is 9. The van der Waals surface area contributed by atoms with Crippen molar-refractivity contribution in [3.8, 4) is 17.2 Å². The van der Waals surface area contributed by atoms with Gasteiger partial charge in [-0.05, 0) is 68.3 Å². The van der Waals surface area contributed by atoms with E-state index >= 15 is 0 Å². The van der Waals surface area contributed by atoms with Crippen molar-refractivity contribution in [3.63, 3.8) is 0 Å². The van der Waals surface area contributed by atoms with Crippen LogP contribution in [0.25, 0.3) is 6.08 Å². The van der Waals surface area contributed by atoms with Gasteiger partial charge in [0.15, 0.2) is 11.5 Å². The SMILES string of the molecule is CCCCOc1ccc(N2C(=O)NC(=O)/C(=C/c3ccc(OC(C)C)c(OC)c3)C2=O)cc1. The van der Waals surface area contributed by atoms with Gasteiger partial charge in [-0.15, -0.1) is 0 Å². The summed E-state index contributed by atoms with van der Waals surface area (Å²) in [5, 5.41) is 2.22. The van der Waals surface area contributed by atoms with E-state index in [2.05, 4.69) is 12.2 Å². The third kappa shape index (κ3) is 5.71. The van der Waals surface area contributed by atoms with Crippen LogP contribution in [0.15, 0.2) is 48.0 Å². The van der Waals surface area contributed by atoms with Crippen molar-refractivity contribution in [3.05, 3.63) is 53.6 Å². The van der Waals surface area contributed by atoms with Crippen LogP contribution in [0.1, 0.15) is 39.2 Å². The first-order valence-corrected chi connectivity index (χ1v) is 10.8. The molecule has 1 aliphatic heterocycles. The van der Waals surface area contributed by atoms with Crippen molar-refractivity contribution in [2.75, 3.05) is 18.6 Å². The first-order chi connectivity index (χ1) is 15.8. The second kappa shape index (κ2) is 10.7. The number of ether oxygens (including phenoxy) is 3. The molecule has 0 saturated carbocycles. The molecule has 0 aromatic heterocycles. The van der Waals surface area contributed by atoms with Crippen LogP contribution in [0.2, 0.25) is 0 Å². The summed E-state index contributed by atoms with van der Waals surface area (Å²) in [4.78, 5) is 38.9. The smallest absolute Gasteiger partial charge is 0.335 e. The van der Waals surface area contributed by atoms with E-state index in [4.69, 9.17) is 14.2 Å². The lowest BCUT2D eigenvalue weighted by Gasteiger charge is -2.26. The van der Waals surface area contributed by atoms with Gasteiger partial charge >= 0.3 is 6.03 Å². The summed E-state index contributed by atoms with van der Waals surface area (Å²) < 4.78 is 16.7. The Morgan fingerprint density at radius 3 is 2.39 bits per heavy atom. The zero-order chi connectivity index (χ0) is 24.0. The van der Waals surface area contributed by atoms with Crippen LogP contribution >= 0.6 is 0 Å². The molecule has 33 heavy (non-hydrogen) atoms. The maximum Gasteiger partial charge on any atom is 0.335 e. The van der Waals surface area contributed by atoms with Crippen molar-refractivity contribution in [1.29, 1.82) is 0 Å². The molecule has 1 aliphatic rings. The average Bonchev–Trinajstić information content (AvgIpc) is 2.78. The Bertz CT molecular complexity index is 1060. The largest absolute Gasteiger partial charge is 0.494 e. The minimum Gasteiger partial charge on any atom is -0.494 e. The van der Waals surface area contributed by atoms with Gasteiger partial charge in [-0.3, -0.25) is 14.9 Å². The second-order valence-corrected chi connectivity index (χ2v) is 7.73. The molecule has 3 rings (SSSR count). The lowest BCUT2D eigenvalue weighted by molar-refractivity contribution is -0.122. The number of hydrogen-bond donors (Lipinski definition) is 1. The molecule has 8 nitrogen and oxygen atoms in total.